The van der Waals surface area contributed by atoms with Crippen molar-refractivity contribution in [2.45, 2.75) is 64.6 Å². The first-order valence-corrected chi connectivity index (χ1v) is 12.3. The van der Waals surface area contributed by atoms with Gasteiger partial charge in [-0.3, -0.25) is 9.59 Å². The van der Waals surface area contributed by atoms with Gasteiger partial charge < -0.3 is 15.0 Å². The Bertz CT molecular complexity index is 947. The molecule has 1 fully saturated rings. The van der Waals surface area contributed by atoms with Crippen molar-refractivity contribution in [2.75, 3.05) is 6.61 Å². The summed E-state index contributed by atoms with van der Waals surface area (Å²) in [5, 5.41) is 3.57. The molecule has 3 rings (SSSR count). The average Bonchev–Trinajstić information content (AvgIpc) is 3.27. The highest BCUT2D eigenvalue weighted by Crippen LogP contribution is 2.28. The lowest BCUT2D eigenvalue weighted by Gasteiger charge is -2.32. The Labute approximate surface area is 203 Å². The van der Waals surface area contributed by atoms with Crippen molar-refractivity contribution in [3.8, 4) is 5.75 Å². The lowest BCUT2D eigenvalue weighted by Crippen LogP contribution is -2.52. The molecule has 0 spiro atoms. The van der Waals surface area contributed by atoms with Gasteiger partial charge >= 0.3 is 0 Å². The zero-order valence-corrected chi connectivity index (χ0v) is 20.9. The number of carbonyl (C=O) groups is 2. The summed E-state index contributed by atoms with van der Waals surface area (Å²) in [7, 11) is 0. The molecule has 0 aromatic heterocycles. The van der Waals surface area contributed by atoms with E-state index in [1.165, 1.54) is 0 Å². The van der Waals surface area contributed by atoms with Crippen LogP contribution in [0.3, 0.4) is 0 Å². The molecule has 0 aliphatic heterocycles. The SMILES string of the molecule is CC[C@H](C(=O)NC1CCCC1)N(Cc1ccccc1C)C(=O)COc1ccc(Br)cc1Cl. The van der Waals surface area contributed by atoms with Crippen LogP contribution >= 0.6 is 27.5 Å². The molecule has 2 aromatic rings. The number of benzene rings is 2. The molecule has 0 bridgehead atoms. The van der Waals surface area contributed by atoms with Crippen LogP contribution in [0.25, 0.3) is 0 Å². The molecule has 0 saturated heterocycles. The lowest BCUT2D eigenvalue weighted by atomic mass is 10.1. The largest absolute Gasteiger partial charge is 0.482 e. The Morgan fingerprint density at radius 2 is 1.94 bits per heavy atom. The number of nitrogens with zero attached hydrogens (tertiary/aromatic N) is 1. The van der Waals surface area contributed by atoms with E-state index in [-0.39, 0.29) is 24.5 Å². The molecule has 5 nitrogen and oxygen atoms in total. The summed E-state index contributed by atoms with van der Waals surface area (Å²) in [5.74, 6) is 0.0891. The van der Waals surface area contributed by atoms with Crippen molar-refractivity contribution in [3.63, 3.8) is 0 Å². The fraction of sp³-hybridized carbons (Fsp3) is 0.440. The fourth-order valence-corrected chi connectivity index (χ4v) is 4.80. The minimum atomic E-state index is -0.563. The van der Waals surface area contributed by atoms with Gasteiger partial charge in [0.05, 0.1) is 5.02 Å². The van der Waals surface area contributed by atoms with Gasteiger partial charge in [0.2, 0.25) is 5.91 Å². The number of halogens is 2. The second kappa shape index (κ2) is 11.7. The van der Waals surface area contributed by atoms with Crippen LogP contribution in [-0.4, -0.2) is 35.4 Å². The number of hydrogen-bond donors (Lipinski definition) is 1. The first-order chi connectivity index (χ1) is 15.4. The molecule has 0 unspecified atom stereocenters. The van der Waals surface area contributed by atoms with Gasteiger partial charge in [-0.1, -0.05) is 71.6 Å². The van der Waals surface area contributed by atoms with E-state index in [9.17, 15) is 9.59 Å². The number of ether oxygens (including phenoxy) is 1. The van der Waals surface area contributed by atoms with Gasteiger partial charge in [-0.25, -0.2) is 0 Å². The number of nitrogens with one attached hydrogen (secondary N) is 1. The number of hydrogen-bond acceptors (Lipinski definition) is 3. The predicted octanol–water partition coefficient (Wildman–Crippen LogP) is 5.66. The van der Waals surface area contributed by atoms with Crippen LogP contribution in [0.15, 0.2) is 46.9 Å². The Balaban J connectivity index is 1.78. The second-order valence-corrected chi connectivity index (χ2v) is 9.55. The lowest BCUT2D eigenvalue weighted by molar-refractivity contribution is -0.143. The van der Waals surface area contributed by atoms with Crippen molar-refractivity contribution < 1.29 is 14.3 Å². The molecule has 32 heavy (non-hydrogen) atoms. The third kappa shape index (κ3) is 6.48. The zero-order valence-electron chi connectivity index (χ0n) is 18.6. The van der Waals surface area contributed by atoms with E-state index in [0.29, 0.717) is 23.7 Å². The summed E-state index contributed by atoms with van der Waals surface area (Å²) in [6.45, 7) is 4.10. The van der Waals surface area contributed by atoms with E-state index < -0.39 is 6.04 Å². The molecular formula is C25H30BrClN2O3. The summed E-state index contributed by atoms with van der Waals surface area (Å²) in [6.07, 6.45) is 4.79. The van der Waals surface area contributed by atoms with E-state index in [4.69, 9.17) is 16.3 Å². The minimum absolute atomic E-state index is 0.0944. The van der Waals surface area contributed by atoms with Gasteiger partial charge in [0.25, 0.3) is 5.91 Å². The molecule has 1 N–H and O–H groups in total. The van der Waals surface area contributed by atoms with Crippen LogP contribution in [0.5, 0.6) is 5.75 Å². The van der Waals surface area contributed by atoms with E-state index in [1.807, 2.05) is 38.1 Å². The zero-order chi connectivity index (χ0) is 23.1. The molecule has 1 aliphatic carbocycles. The summed E-state index contributed by atoms with van der Waals surface area (Å²) in [6, 6.07) is 12.8. The Morgan fingerprint density at radius 3 is 2.59 bits per heavy atom. The van der Waals surface area contributed by atoms with Gasteiger partial charge in [-0.05, 0) is 55.5 Å². The van der Waals surface area contributed by atoms with Crippen LogP contribution in [-0.2, 0) is 16.1 Å². The average molecular weight is 522 g/mol. The van der Waals surface area contributed by atoms with E-state index in [0.717, 1.165) is 41.3 Å². The highest BCUT2D eigenvalue weighted by Gasteiger charge is 2.31. The third-order valence-corrected chi connectivity index (χ3v) is 6.72. The van der Waals surface area contributed by atoms with Crippen LogP contribution in [0.4, 0.5) is 0 Å². The summed E-state index contributed by atoms with van der Waals surface area (Å²) in [5.41, 5.74) is 2.09. The van der Waals surface area contributed by atoms with Gasteiger partial charge in [-0.15, -0.1) is 0 Å². The van der Waals surface area contributed by atoms with Crippen LogP contribution in [0, 0.1) is 6.92 Å². The molecule has 172 valence electrons. The summed E-state index contributed by atoms with van der Waals surface area (Å²) >= 11 is 9.60. The highest BCUT2D eigenvalue weighted by atomic mass is 79.9. The first-order valence-electron chi connectivity index (χ1n) is 11.1. The Morgan fingerprint density at radius 1 is 1.22 bits per heavy atom. The Kier molecular flexibility index (Phi) is 9.00. The monoisotopic (exact) mass is 520 g/mol. The Hall–Kier alpha value is -2.05. The number of amides is 2. The van der Waals surface area contributed by atoms with Crippen LogP contribution in [0.2, 0.25) is 5.02 Å². The van der Waals surface area contributed by atoms with Gasteiger partial charge in [0, 0.05) is 17.1 Å². The fourth-order valence-electron chi connectivity index (χ4n) is 4.07. The maximum Gasteiger partial charge on any atom is 0.261 e. The van der Waals surface area contributed by atoms with Crippen molar-refractivity contribution in [3.05, 3.63) is 63.1 Å². The third-order valence-electron chi connectivity index (χ3n) is 5.93. The maximum atomic E-state index is 13.3. The molecule has 7 heteroatoms. The van der Waals surface area contributed by atoms with Crippen LogP contribution in [0.1, 0.15) is 50.2 Å². The van der Waals surface area contributed by atoms with Gasteiger partial charge in [-0.2, -0.15) is 0 Å². The number of carbonyl (C=O) groups excluding carboxylic acids is 2. The maximum absolute atomic E-state index is 13.3. The number of aryl methyl sites for hydroxylation is 1. The van der Waals surface area contributed by atoms with E-state index in [1.54, 1.807) is 23.1 Å². The molecular weight excluding hydrogens is 492 g/mol. The molecule has 1 saturated carbocycles. The quantitative estimate of drug-likeness (QED) is 0.463. The molecule has 2 aromatic carbocycles. The molecule has 1 atom stereocenters. The molecule has 2 amide bonds. The second-order valence-electron chi connectivity index (χ2n) is 8.23. The number of rotatable bonds is 9. The molecule has 0 radical (unpaired) electrons. The standard InChI is InChI=1S/C25H30BrClN2O3/c1-3-22(25(31)28-20-10-6-7-11-20)29(15-18-9-5-4-8-17(18)2)24(30)16-32-23-13-12-19(26)14-21(23)27/h4-5,8-9,12-14,20,22H,3,6-7,10-11,15-16H2,1-2H3,(H,28,31)/t22-/m1/s1. The van der Waals surface area contributed by atoms with Crippen molar-refractivity contribution in [2.24, 2.45) is 0 Å². The van der Waals surface area contributed by atoms with E-state index >= 15 is 0 Å². The van der Waals surface area contributed by atoms with Crippen molar-refractivity contribution in [1.29, 1.82) is 0 Å². The normalized spacial score (nSPS) is 14.8. The van der Waals surface area contributed by atoms with E-state index in [2.05, 4.69) is 21.2 Å². The predicted molar refractivity (Wildman–Crippen MR) is 131 cm³/mol. The van der Waals surface area contributed by atoms with Crippen molar-refractivity contribution >= 4 is 39.3 Å². The van der Waals surface area contributed by atoms with Gasteiger partial charge in [0.15, 0.2) is 6.61 Å². The molecule has 1 aliphatic rings. The first kappa shape index (κ1) is 24.6. The van der Waals surface area contributed by atoms with Crippen LogP contribution < -0.4 is 10.1 Å². The van der Waals surface area contributed by atoms with Crippen molar-refractivity contribution in [1.82, 2.24) is 10.2 Å². The molecule has 0 heterocycles. The summed E-state index contributed by atoms with van der Waals surface area (Å²) in [4.78, 5) is 28.1. The highest BCUT2D eigenvalue weighted by molar-refractivity contribution is 9.10. The topological polar surface area (TPSA) is 58.6 Å². The smallest absolute Gasteiger partial charge is 0.261 e. The minimum Gasteiger partial charge on any atom is -0.482 e. The van der Waals surface area contributed by atoms with Gasteiger partial charge in [0.1, 0.15) is 11.8 Å². The summed E-state index contributed by atoms with van der Waals surface area (Å²) < 4.78 is 6.57.